The minimum absolute atomic E-state index is 0.179. The molecular formula is C14H23NO2S. The topological polar surface area (TPSA) is 52.5 Å². The van der Waals surface area contributed by atoms with Gasteiger partial charge in [-0.3, -0.25) is 0 Å². The highest BCUT2D eigenvalue weighted by Gasteiger charge is 2.07. The summed E-state index contributed by atoms with van der Waals surface area (Å²) >= 11 is 1.57. The molecule has 0 aliphatic heterocycles. The van der Waals surface area contributed by atoms with Gasteiger partial charge in [0.2, 0.25) is 0 Å². The number of nitrogens with one attached hydrogen (secondary N) is 1. The van der Waals surface area contributed by atoms with Crippen LogP contribution in [0.3, 0.4) is 0 Å². The molecule has 0 saturated heterocycles. The molecule has 0 bridgehead atoms. The van der Waals surface area contributed by atoms with E-state index in [0.29, 0.717) is 11.8 Å². The lowest BCUT2D eigenvalue weighted by molar-refractivity contribution is 0.113. The van der Waals surface area contributed by atoms with Crippen molar-refractivity contribution in [1.82, 2.24) is 5.32 Å². The molecule has 0 aliphatic carbocycles. The summed E-state index contributed by atoms with van der Waals surface area (Å²) in [5.74, 6) is 0.525. The van der Waals surface area contributed by atoms with Crippen molar-refractivity contribution in [2.75, 3.05) is 18.9 Å². The summed E-state index contributed by atoms with van der Waals surface area (Å²) < 4.78 is 0. The third-order valence-electron chi connectivity index (χ3n) is 2.71. The van der Waals surface area contributed by atoms with Gasteiger partial charge >= 0.3 is 0 Å². The average Bonchev–Trinajstić information content (AvgIpc) is 2.42. The van der Waals surface area contributed by atoms with E-state index in [1.165, 1.54) is 5.56 Å². The van der Waals surface area contributed by atoms with Crippen molar-refractivity contribution in [2.45, 2.75) is 37.3 Å². The van der Waals surface area contributed by atoms with E-state index in [-0.39, 0.29) is 6.61 Å². The van der Waals surface area contributed by atoms with Gasteiger partial charge in [-0.1, -0.05) is 19.1 Å². The molecule has 3 N–H and O–H groups in total. The van der Waals surface area contributed by atoms with Crippen LogP contribution < -0.4 is 5.32 Å². The van der Waals surface area contributed by atoms with Crippen molar-refractivity contribution in [3.63, 3.8) is 0 Å². The first-order valence-electron chi connectivity index (χ1n) is 6.42. The Morgan fingerprint density at radius 1 is 1.39 bits per heavy atom. The number of benzene rings is 1. The molecule has 0 amide bonds. The maximum absolute atomic E-state index is 9.33. The normalized spacial score (nSPS) is 14.4. The third kappa shape index (κ3) is 5.40. The maximum Gasteiger partial charge on any atom is 0.0864 e. The zero-order valence-corrected chi connectivity index (χ0v) is 11.9. The SMILES string of the molecule is CCCNC(C)c1cccc(SCC(O)CO)c1. The second-order valence-corrected chi connectivity index (χ2v) is 5.49. The summed E-state index contributed by atoms with van der Waals surface area (Å²) in [6, 6.07) is 8.66. The van der Waals surface area contributed by atoms with Crippen molar-refractivity contribution >= 4 is 11.8 Å². The van der Waals surface area contributed by atoms with Gasteiger partial charge in [0.15, 0.2) is 0 Å². The average molecular weight is 269 g/mol. The summed E-state index contributed by atoms with van der Waals surface area (Å²) in [4.78, 5) is 1.13. The molecule has 0 spiro atoms. The van der Waals surface area contributed by atoms with E-state index in [1.54, 1.807) is 11.8 Å². The van der Waals surface area contributed by atoms with Crippen molar-refractivity contribution < 1.29 is 10.2 Å². The zero-order chi connectivity index (χ0) is 13.4. The summed E-state index contributed by atoms with van der Waals surface area (Å²) in [6.45, 7) is 5.15. The van der Waals surface area contributed by atoms with E-state index < -0.39 is 6.10 Å². The highest BCUT2D eigenvalue weighted by atomic mass is 32.2. The molecule has 2 unspecified atom stereocenters. The van der Waals surface area contributed by atoms with Gasteiger partial charge in [0, 0.05) is 16.7 Å². The lowest BCUT2D eigenvalue weighted by Crippen LogP contribution is -2.19. The molecule has 18 heavy (non-hydrogen) atoms. The van der Waals surface area contributed by atoms with Gasteiger partial charge in [0.25, 0.3) is 0 Å². The van der Waals surface area contributed by atoms with Crippen molar-refractivity contribution in [3.8, 4) is 0 Å². The number of hydrogen-bond acceptors (Lipinski definition) is 4. The number of thioether (sulfide) groups is 1. The Bertz CT molecular complexity index is 346. The lowest BCUT2D eigenvalue weighted by Gasteiger charge is -2.15. The summed E-state index contributed by atoms with van der Waals surface area (Å²) in [5, 5.41) is 21.6. The van der Waals surface area contributed by atoms with Crippen LogP contribution in [0.4, 0.5) is 0 Å². The molecule has 0 radical (unpaired) electrons. The molecule has 0 aromatic heterocycles. The Balaban J connectivity index is 2.55. The largest absolute Gasteiger partial charge is 0.394 e. The molecule has 0 fully saturated rings. The fourth-order valence-electron chi connectivity index (χ4n) is 1.60. The molecule has 102 valence electrons. The second-order valence-electron chi connectivity index (χ2n) is 4.40. The first kappa shape index (κ1) is 15.5. The molecule has 0 heterocycles. The Morgan fingerprint density at radius 3 is 2.83 bits per heavy atom. The van der Waals surface area contributed by atoms with Crippen LogP contribution >= 0.6 is 11.8 Å². The van der Waals surface area contributed by atoms with E-state index in [9.17, 15) is 5.11 Å². The Labute approximate surface area is 114 Å². The standard InChI is InChI=1S/C14H23NO2S/c1-3-7-15-11(2)12-5-4-6-14(8-12)18-10-13(17)9-16/h4-6,8,11,13,15-17H,3,7,9-10H2,1-2H3. The predicted molar refractivity (Wildman–Crippen MR) is 77.0 cm³/mol. The summed E-state index contributed by atoms with van der Waals surface area (Å²) in [7, 11) is 0. The summed E-state index contributed by atoms with van der Waals surface area (Å²) in [6.07, 6.45) is 0.482. The van der Waals surface area contributed by atoms with Gasteiger partial charge in [-0.2, -0.15) is 0 Å². The zero-order valence-electron chi connectivity index (χ0n) is 11.1. The number of aliphatic hydroxyl groups excluding tert-OH is 2. The molecule has 0 aliphatic rings. The van der Waals surface area contributed by atoms with Crippen LogP contribution in [-0.4, -0.2) is 35.2 Å². The van der Waals surface area contributed by atoms with Crippen molar-refractivity contribution in [3.05, 3.63) is 29.8 Å². The predicted octanol–water partition coefficient (Wildman–Crippen LogP) is 2.19. The first-order chi connectivity index (χ1) is 8.67. The van der Waals surface area contributed by atoms with Crippen LogP contribution in [-0.2, 0) is 0 Å². The van der Waals surface area contributed by atoms with E-state index >= 15 is 0 Å². The van der Waals surface area contributed by atoms with E-state index in [0.717, 1.165) is 17.9 Å². The van der Waals surface area contributed by atoms with Crippen LogP contribution in [0, 0.1) is 0 Å². The number of hydrogen-bond donors (Lipinski definition) is 3. The highest BCUT2D eigenvalue weighted by molar-refractivity contribution is 7.99. The van der Waals surface area contributed by atoms with Crippen LogP contribution in [0.5, 0.6) is 0 Å². The molecule has 1 rings (SSSR count). The fraction of sp³-hybridized carbons (Fsp3) is 0.571. The molecule has 0 saturated carbocycles. The van der Waals surface area contributed by atoms with Gasteiger partial charge in [-0.15, -0.1) is 11.8 Å². The molecule has 3 nitrogen and oxygen atoms in total. The van der Waals surface area contributed by atoms with Gasteiger partial charge in [-0.25, -0.2) is 0 Å². The van der Waals surface area contributed by atoms with Crippen LogP contribution in [0.15, 0.2) is 29.2 Å². The first-order valence-corrected chi connectivity index (χ1v) is 7.41. The summed E-state index contributed by atoms with van der Waals surface area (Å²) in [5.41, 5.74) is 1.26. The minimum Gasteiger partial charge on any atom is -0.394 e. The molecule has 1 aromatic carbocycles. The van der Waals surface area contributed by atoms with E-state index in [1.807, 2.05) is 12.1 Å². The molecule has 4 heteroatoms. The monoisotopic (exact) mass is 269 g/mol. The van der Waals surface area contributed by atoms with Gasteiger partial charge in [0.05, 0.1) is 12.7 Å². The fourth-order valence-corrected chi connectivity index (χ4v) is 2.48. The smallest absolute Gasteiger partial charge is 0.0864 e. The van der Waals surface area contributed by atoms with E-state index in [4.69, 9.17) is 5.11 Å². The molecule has 2 atom stereocenters. The van der Waals surface area contributed by atoms with Gasteiger partial charge in [-0.05, 0) is 37.6 Å². The third-order valence-corrected chi connectivity index (χ3v) is 3.85. The maximum atomic E-state index is 9.33. The molecule has 1 aromatic rings. The van der Waals surface area contributed by atoms with Crippen molar-refractivity contribution in [2.24, 2.45) is 0 Å². The second kappa shape index (κ2) is 8.53. The Morgan fingerprint density at radius 2 is 2.17 bits per heavy atom. The number of aliphatic hydroxyl groups is 2. The van der Waals surface area contributed by atoms with Crippen LogP contribution in [0.2, 0.25) is 0 Å². The van der Waals surface area contributed by atoms with Gasteiger partial charge < -0.3 is 15.5 Å². The van der Waals surface area contributed by atoms with Crippen molar-refractivity contribution in [1.29, 1.82) is 0 Å². The lowest BCUT2D eigenvalue weighted by atomic mass is 10.1. The Hall–Kier alpha value is -0.550. The minimum atomic E-state index is -0.644. The molecular weight excluding hydrogens is 246 g/mol. The van der Waals surface area contributed by atoms with Gasteiger partial charge in [0.1, 0.15) is 0 Å². The van der Waals surface area contributed by atoms with Crippen LogP contribution in [0.1, 0.15) is 31.9 Å². The Kier molecular flexibility index (Phi) is 7.35. The highest BCUT2D eigenvalue weighted by Crippen LogP contribution is 2.23. The number of rotatable bonds is 8. The van der Waals surface area contributed by atoms with Crippen LogP contribution in [0.25, 0.3) is 0 Å². The van der Waals surface area contributed by atoms with E-state index in [2.05, 4.69) is 31.3 Å². The quantitative estimate of drug-likeness (QED) is 0.633.